The SMILES string of the molecule is CCCCN(Cc1ccc(C=CC(c2cc(Cl)cc(Cl)c2)C(F)(F)F)cc1Cl)C(=O)NCC. The van der Waals surface area contributed by atoms with Gasteiger partial charge in [0.15, 0.2) is 0 Å². The number of rotatable bonds is 9. The molecule has 0 radical (unpaired) electrons. The minimum atomic E-state index is -4.53. The topological polar surface area (TPSA) is 32.3 Å². The minimum absolute atomic E-state index is 0.0486. The monoisotopic (exact) mass is 520 g/mol. The molecule has 1 atom stereocenters. The molecule has 0 saturated carbocycles. The number of nitrogens with one attached hydrogen (secondary N) is 1. The Hall–Kier alpha value is -1.89. The van der Waals surface area contributed by atoms with Crippen molar-refractivity contribution in [3.8, 4) is 0 Å². The Morgan fingerprint density at radius 2 is 1.76 bits per heavy atom. The van der Waals surface area contributed by atoms with Crippen LogP contribution >= 0.6 is 34.8 Å². The van der Waals surface area contributed by atoms with Crippen LogP contribution in [0.3, 0.4) is 0 Å². The quantitative estimate of drug-likeness (QED) is 0.353. The van der Waals surface area contributed by atoms with E-state index in [1.807, 2.05) is 13.8 Å². The van der Waals surface area contributed by atoms with E-state index in [9.17, 15) is 18.0 Å². The van der Waals surface area contributed by atoms with Crippen molar-refractivity contribution in [2.45, 2.75) is 45.3 Å². The summed E-state index contributed by atoms with van der Waals surface area (Å²) in [5.41, 5.74) is 1.17. The number of amides is 2. The van der Waals surface area contributed by atoms with Crippen LogP contribution in [0, 0.1) is 0 Å². The molecule has 0 saturated heterocycles. The first kappa shape index (κ1) is 27.4. The van der Waals surface area contributed by atoms with E-state index < -0.39 is 12.1 Å². The number of carbonyl (C=O) groups excluding carboxylic acids is 1. The molecule has 0 spiro atoms. The van der Waals surface area contributed by atoms with Gasteiger partial charge in [-0.15, -0.1) is 0 Å². The van der Waals surface area contributed by atoms with Gasteiger partial charge in [-0.25, -0.2) is 4.79 Å². The van der Waals surface area contributed by atoms with Gasteiger partial charge in [0, 0.05) is 34.7 Å². The second-order valence-electron chi connectivity index (χ2n) is 7.54. The van der Waals surface area contributed by atoms with Gasteiger partial charge in [0.2, 0.25) is 0 Å². The normalized spacial score (nSPS) is 12.7. The third-order valence-electron chi connectivity index (χ3n) is 4.91. The van der Waals surface area contributed by atoms with Crippen LogP contribution in [0.2, 0.25) is 15.1 Å². The van der Waals surface area contributed by atoms with Gasteiger partial charge in [0.25, 0.3) is 0 Å². The van der Waals surface area contributed by atoms with Crippen LogP contribution in [0.15, 0.2) is 42.5 Å². The lowest BCUT2D eigenvalue weighted by atomic mass is 9.97. The molecule has 0 aliphatic rings. The molecule has 0 aliphatic heterocycles. The molecule has 2 aromatic carbocycles. The lowest BCUT2D eigenvalue weighted by molar-refractivity contribution is -0.139. The summed E-state index contributed by atoms with van der Waals surface area (Å²) in [6.45, 7) is 5.28. The van der Waals surface area contributed by atoms with Gasteiger partial charge in [0.05, 0.1) is 5.92 Å². The molecule has 0 aromatic heterocycles. The van der Waals surface area contributed by atoms with E-state index in [-0.39, 0.29) is 21.6 Å². The Balaban J connectivity index is 2.25. The highest BCUT2D eigenvalue weighted by Crippen LogP contribution is 2.38. The molecule has 2 rings (SSSR count). The van der Waals surface area contributed by atoms with Crippen LogP contribution in [0.1, 0.15) is 49.3 Å². The zero-order chi connectivity index (χ0) is 24.6. The van der Waals surface area contributed by atoms with Crippen LogP contribution < -0.4 is 5.32 Å². The Bertz CT molecular complexity index is 960. The second-order valence-corrected chi connectivity index (χ2v) is 8.82. The fraction of sp³-hybridized carbons (Fsp3) is 0.375. The molecule has 33 heavy (non-hydrogen) atoms. The van der Waals surface area contributed by atoms with Crippen molar-refractivity contribution in [2.75, 3.05) is 13.1 Å². The van der Waals surface area contributed by atoms with Crippen molar-refractivity contribution in [3.05, 3.63) is 74.2 Å². The molecule has 0 heterocycles. The molecule has 1 unspecified atom stereocenters. The largest absolute Gasteiger partial charge is 0.399 e. The Morgan fingerprint density at radius 3 is 2.30 bits per heavy atom. The maximum atomic E-state index is 13.7. The highest BCUT2D eigenvalue weighted by Gasteiger charge is 2.39. The van der Waals surface area contributed by atoms with E-state index in [0.717, 1.165) is 18.9 Å². The summed E-state index contributed by atoms with van der Waals surface area (Å²) < 4.78 is 41.1. The summed E-state index contributed by atoms with van der Waals surface area (Å²) >= 11 is 18.2. The Morgan fingerprint density at radius 1 is 1.09 bits per heavy atom. The predicted octanol–water partition coefficient (Wildman–Crippen LogP) is 8.34. The number of allylic oxidation sites excluding steroid dienone is 1. The van der Waals surface area contributed by atoms with E-state index >= 15 is 0 Å². The van der Waals surface area contributed by atoms with Gasteiger partial charge in [0.1, 0.15) is 0 Å². The van der Waals surface area contributed by atoms with Crippen molar-refractivity contribution in [1.82, 2.24) is 10.2 Å². The van der Waals surface area contributed by atoms with E-state index in [2.05, 4.69) is 5.32 Å². The summed E-state index contributed by atoms with van der Waals surface area (Å²) in [5, 5.41) is 3.42. The molecule has 0 fully saturated rings. The average molecular weight is 522 g/mol. The van der Waals surface area contributed by atoms with E-state index in [1.165, 1.54) is 24.3 Å². The number of unbranched alkanes of at least 4 members (excludes halogenated alkanes) is 1. The number of alkyl halides is 3. The maximum absolute atomic E-state index is 13.7. The summed E-state index contributed by atoms with van der Waals surface area (Å²) in [7, 11) is 0. The van der Waals surface area contributed by atoms with Gasteiger partial charge in [-0.2, -0.15) is 13.2 Å². The van der Waals surface area contributed by atoms with Gasteiger partial charge >= 0.3 is 12.2 Å². The fourth-order valence-electron chi connectivity index (χ4n) is 3.24. The smallest absolute Gasteiger partial charge is 0.338 e. The first-order chi connectivity index (χ1) is 15.5. The number of halogens is 6. The van der Waals surface area contributed by atoms with Gasteiger partial charge in [-0.1, -0.05) is 72.4 Å². The molecule has 0 bridgehead atoms. The van der Waals surface area contributed by atoms with E-state index in [0.29, 0.717) is 35.8 Å². The van der Waals surface area contributed by atoms with Gasteiger partial charge in [-0.3, -0.25) is 0 Å². The number of hydrogen-bond donors (Lipinski definition) is 1. The average Bonchev–Trinajstić information content (AvgIpc) is 2.71. The van der Waals surface area contributed by atoms with Crippen LogP contribution in [0.5, 0.6) is 0 Å². The molecule has 2 amide bonds. The zero-order valence-electron chi connectivity index (χ0n) is 18.4. The molecular formula is C24H26Cl3F3N2O. The molecule has 1 N–H and O–H groups in total. The fourth-order valence-corrected chi connectivity index (χ4v) is 4.03. The van der Waals surface area contributed by atoms with E-state index in [4.69, 9.17) is 34.8 Å². The molecule has 2 aromatic rings. The third kappa shape index (κ3) is 8.43. The second kappa shape index (κ2) is 12.5. The number of hydrogen-bond acceptors (Lipinski definition) is 1. The molecular weight excluding hydrogens is 496 g/mol. The lowest BCUT2D eigenvalue weighted by Crippen LogP contribution is -2.40. The van der Waals surface area contributed by atoms with Crippen LogP contribution in [-0.2, 0) is 6.54 Å². The molecule has 3 nitrogen and oxygen atoms in total. The highest BCUT2D eigenvalue weighted by molar-refractivity contribution is 6.34. The first-order valence-electron chi connectivity index (χ1n) is 10.6. The zero-order valence-corrected chi connectivity index (χ0v) is 20.6. The lowest BCUT2D eigenvalue weighted by Gasteiger charge is -2.23. The minimum Gasteiger partial charge on any atom is -0.338 e. The van der Waals surface area contributed by atoms with Crippen molar-refractivity contribution in [3.63, 3.8) is 0 Å². The predicted molar refractivity (Wildman–Crippen MR) is 130 cm³/mol. The van der Waals surface area contributed by atoms with Gasteiger partial charge < -0.3 is 10.2 Å². The first-order valence-corrected chi connectivity index (χ1v) is 11.7. The summed E-state index contributed by atoms with van der Waals surface area (Å²) in [6.07, 6.45) is -0.328. The third-order valence-corrected chi connectivity index (χ3v) is 5.70. The van der Waals surface area contributed by atoms with Gasteiger partial charge in [-0.05, 0) is 54.3 Å². The van der Waals surface area contributed by atoms with Crippen molar-refractivity contribution in [2.24, 2.45) is 0 Å². The number of carbonyl (C=O) groups is 1. The van der Waals surface area contributed by atoms with Crippen molar-refractivity contribution < 1.29 is 18.0 Å². The number of nitrogens with zero attached hydrogens (tertiary/aromatic N) is 1. The summed E-state index contributed by atoms with van der Waals surface area (Å²) in [6, 6.07) is 8.68. The highest BCUT2D eigenvalue weighted by atomic mass is 35.5. The van der Waals surface area contributed by atoms with Crippen LogP contribution in [0.25, 0.3) is 6.08 Å². The van der Waals surface area contributed by atoms with Crippen molar-refractivity contribution in [1.29, 1.82) is 0 Å². The molecule has 0 aliphatic carbocycles. The number of benzene rings is 2. The Labute approximate surface area is 207 Å². The van der Waals surface area contributed by atoms with E-state index in [1.54, 1.807) is 23.1 Å². The van der Waals surface area contributed by atoms with Crippen LogP contribution in [-0.4, -0.2) is 30.2 Å². The summed E-state index contributed by atoms with van der Waals surface area (Å²) in [4.78, 5) is 14.0. The number of urea groups is 1. The molecule has 180 valence electrons. The van der Waals surface area contributed by atoms with Crippen molar-refractivity contribution >= 4 is 46.9 Å². The standard InChI is InChI=1S/C24H26Cl3F3N2O/c1-3-5-10-32(23(33)31-4-2)15-17-8-6-16(11-22(17)27)7-9-21(24(28,29)30)18-12-19(25)14-20(26)13-18/h6-9,11-14,21H,3-5,10,15H2,1-2H3,(H,31,33). The maximum Gasteiger partial charge on any atom is 0.399 e. The molecule has 9 heteroatoms. The Kier molecular flexibility index (Phi) is 10.4. The van der Waals surface area contributed by atoms with Crippen LogP contribution in [0.4, 0.5) is 18.0 Å². The summed E-state index contributed by atoms with van der Waals surface area (Å²) in [5.74, 6) is -1.88.